The number of azide groups is 1. The van der Waals surface area contributed by atoms with Crippen molar-refractivity contribution in [3.05, 3.63) is 10.4 Å². The van der Waals surface area contributed by atoms with Gasteiger partial charge in [0.25, 0.3) is 0 Å². The first-order valence-corrected chi connectivity index (χ1v) is 2.77. The largest absolute Gasteiger partial charge is 0.391 e. The quantitative estimate of drug-likeness (QED) is 0.287. The van der Waals surface area contributed by atoms with Gasteiger partial charge in [0.1, 0.15) is 0 Å². The Morgan fingerprint density at radius 1 is 1.67 bits per heavy atom. The van der Waals surface area contributed by atoms with E-state index >= 15 is 0 Å². The molecule has 1 aliphatic heterocycles. The Hall–Kier alpha value is -0.770. The maximum Gasteiger partial charge on any atom is 0.0770 e. The Kier molecular flexibility index (Phi) is 1.89. The van der Waals surface area contributed by atoms with Crippen molar-refractivity contribution in [2.45, 2.75) is 12.1 Å². The molecule has 0 bridgehead atoms. The average molecular weight is 128 g/mol. The number of β-amino-alcohol motifs (C(OH)–C–C–N with tert-alkyl or cyclic N) is 1. The van der Waals surface area contributed by atoms with Crippen molar-refractivity contribution in [3.8, 4) is 0 Å². The smallest absolute Gasteiger partial charge is 0.0770 e. The summed E-state index contributed by atoms with van der Waals surface area (Å²) in [5, 5.41) is 15.3. The Morgan fingerprint density at radius 3 is 2.89 bits per heavy atom. The minimum Gasteiger partial charge on any atom is -0.391 e. The molecule has 1 aliphatic rings. The van der Waals surface area contributed by atoms with Gasteiger partial charge in [0.05, 0.1) is 12.1 Å². The zero-order valence-corrected chi connectivity index (χ0v) is 4.86. The zero-order chi connectivity index (χ0) is 6.69. The van der Waals surface area contributed by atoms with E-state index in [2.05, 4.69) is 15.3 Å². The highest BCUT2D eigenvalue weighted by molar-refractivity contribution is 4.86. The monoisotopic (exact) mass is 128 g/mol. The van der Waals surface area contributed by atoms with Crippen LogP contribution in [0.25, 0.3) is 10.4 Å². The third-order valence-corrected chi connectivity index (χ3v) is 1.35. The summed E-state index contributed by atoms with van der Waals surface area (Å²) in [7, 11) is 0. The highest BCUT2D eigenvalue weighted by atomic mass is 16.3. The molecular weight excluding hydrogens is 120 g/mol. The molecule has 2 N–H and O–H groups in total. The van der Waals surface area contributed by atoms with Gasteiger partial charge in [-0.3, -0.25) is 0 Å². The lowest BCUT2D eigenvalue weighted by Gasteiger charge is -2.02. The summed E-state index contributed by atoms with van der Waals surface area (Å²) in [6.07, 6.45) is -0.499. The van der Waals surface area contributed by atoms with E-state index in [1.807, 2.05) is 0 Å². The molecule has 9 heavy (non-hydrogen) atoms. The number of aliphatic hydroxyl groups is 1. The summed E-state index contributed by atoms with van der Waals surface area (Å²) < 4.78 is 0. The standard InChI is InChI=1S/C4H8N4O/c5-8-7-3-1-6-2-4(3)9/h3-4,6,9H,1-2H2/t3-,4-/m0/s1. The molecule has 5 nitrogen and oxygen atoms in total. The summed E-state index contributed by atoms with van der Waals surface area (Å²) in [6.45, 7) is 1.12. The predicted molar refractivity (Wildman–Crippen MR) is 31.8 cm³/mol. The van der Waals surface area contributed by atoms with Crippen LogP contribution in [0.1, 0.15) is 0 Å². The van der Waals surface area contributed by atoms with Crippen LogP contribution in [-0.2, 0) is 0 Å². The molecule has 0 aliphatic carbocycles. The van der Waals surface area contributed by atoms with Crippen LogP contribution in [0.5, 0.6) is 0 Å². The Balaban J connectivity index is 2.49. The summed E-state index contributed by atoms with van der Waals surface area (Å²) in [5.74, 6) is 0. The lowest BCUT2D eigenvalue weighted by molar-refractivity contribution is 0.179. The number of hydrogen-bond donors (Lipinski definition) is 2. The van der Waals surface area contributed by atoms with E-state index in [1.54, 1.807) is 0 Å². The van der Waals surface area contributed by atoms with Crippen molar-refractivity contribution in [3.63, 3.8) is 0 Å². The molecule has 5 heteroatoms. The van der Waals surface area contributed by atoms with Crippen molar-refractivity contribution in [2.75, 3.05) is 13.1 Å². The fourth-order valence-corrected chi connectivity index (χ4v) is 0.835. The number of nitrogens with one attached hydrogen (secondary N) is 1. The highest BCUT2D eigenvalue weighted by Gasteiger charge is 2.22. The van der Waals surface area contributed by atoms with E-state index in [-0.39, 0.29) is 6.04 Å². The molecule has 0 radical (unpaired) electrons. The number of nitrogens with zero attached hydrogens (tertiary/aromatic N) is 3. The lowest BCUT2D eigenvalue weighted by atomic mass is 10.2. The molecular formula is C4H8N4O. The van der Waals surface area contributed by atoms with E-state index in [1.165, 1.54) is 0 Å². The SMILES string of the molecule is [N-]=[N+]=N[C@H]1CNC[C@@H]1O. The van der Waals surface area contributed by atoms with Gasteiger partial charge in [-0.05, 0) is 5.53 Å². The van der Waals surface area contributed by atoms with E-state index in [0.717, 1.165) is 0 Å². The number of aliphatic hydroxyl groups excluding tert-OH is 1. The molecule has 0 spiro atoms. The Morgan fingerprint density at radius 2 is 2.44 bits per heavy atom. The first kappa shape index (κ1) is 6.35. The topological polar surface area (TPSA) is 81.0 Å². The molecule has 0 amide bonds. The van der Waals surface area contributed by atoms with Crippen LogP contribution in [0, 0.1) is 0 Å². The normalized spacial score (nSPS) is 33.9. The summed E-state index contributed by atoms with van der Waals surface area (Å²) in [6, 6.07) is -0.269. The summed E-state index contributed by atoms with van der Waals surface area (Å²) in [4.78, 5) is 2.59. The van der Waals surface area contributed by atoms with Crippen LogP contribution in [0.3, 0.4) is 0 Å². The molecule has 0 saturated carbocycles. The van der Waals surface area contributed by atoms with E-state index in [0.29, 0.717) is 13.1 Å². The van der Waals surface area contributed by atoms with E-state index in [9.17, 15) is 0 Å². The maximum absolute atomic E-state index is 8.99. The molecule has 0 aromatic carbocycles. The first-order valence-electron chi connectivity index (χ1n) is 2.77. The first-order chi connectivity index (χ1) is 4.34. The van der Waals surface area contributed by atoms with Gasteiger partial charge in [0, 0.05) is 18.0 Å². The minimum atomic E-state index is -0.499. The van der Waals surface area contributed by atoms with E-state index in [4.69, 9.17) is 10.6 Å². The second-order valence-corrected chi connectivity index (χ2v) is 2.00. The van der Waals surface area contributed by atoms with Gasteiger partial charge in [0.2, 0.25) is 0 Å². The minimum absolute atomic E-state index is 0.269. The van der Waals surface area contributed by atoms with Crippen LogP contribution in [0.2, 0.25) is 0 Å². The Labute approximate surface area is 52.3 Å². The summed E-state index contributed by atoms with van der Waals surface area (Å²) >= 11 is 0. The van der Waals surface area contributed by atoms with Crippen LogP contribution in [0.4, 0.5) is 0 Å². The fourth-order valence-electron chi connectivity index (χ4n) is 0.835. The molecule has 0 aromatic heterocycles. The molecule has 2 atom stereocenters. The van der Waals surface area contributed by atoms with Crippen molar-refractivity contribution < 1.29 is 5.11 Å². The van der Waals surface area contributed by atoms with Gasteiger partial charge in [-0.15, -0.1) is 0 Å². The second kappa shape index (κ2) is 2.68. The third kappa shape index (κ3) is 1.32. The van der Waals surface area contributed by atoms with Crippen LogP contribution in [0.15, 0.2) is 5.11 Å². The van der Waals surface area contributed by atoms with Crippen LogP contribution >= 0.6 is 0 Å². The molecule has 1 heterocycles. The highest BCUT2D eigenvalue weighted by Crippen LogP contribution is 2.03. The predicted octanol–water partition coefficient (Wildman–Crippen LogP) is -0.371. The van der Waals surface area contributed by atoms with Crippen LogP contribution < -0.4 is 5.32 Å². The molecule has 0 unspecified atom stereocenters. The van der Waals surface area contributed by atoms with Gasteiger partial charge in [-0.1, -0.05) is 5.11 Å². The molecule has 0 aromatic rings. The molecule has 1 rings (SSSR count). The fraction of sp³-hybridized carbons (Fsp3) is 1.00. The molecule has 1 saturated heterocycles. The average Bonchev–Trinajstić information content (AvgIpc) is 2.18. The van der Waals surface area contributed by atoms with Crippen molar-refractivity contribution in [1.29, 1.82) is 0 Å². The third-order valence-electron chi connectivity index (χ3n) is 1.35. The lowest BCUT2D eigenvalue weighted by Crippen LogP contribution is -2.20. The van der Waals surface area contributed by atoms with Crippen molar-refractivity contribution in [1.82, 2.24) is 5.32 Å². The molecule has 50 valence electrons. The maximum atomic E-state index is 8.99. The van der Waals surface area contributed by atoms with Gasteiger partial charge in [-0.25, -0.2) is 0 Å². The van der Waals surface area contributed by atoms with Gasteiger partial charge < -0.3 is 10.4 Å². The van der Waals surface area contributed by atoms with Gasteiger partial charge in [-0.2, -0.15) is 0 Å². The zero-order valence-electron chi connectivity index (χ0n) is 4.86. The number of hydrogen-bond acceptors (Lipinski definition) is 3. The molecule has 1 fully saturated rings. The number of rotatable bonds is 1. The second-order valence-electron chi connectivity index (χ2n) is 2.00. The Bertz CT molecular complexity index is 142. The van der Waals surface area contributed by atoms with Crippen LogP contribution in [-0.4, -0.2) is 30.3 Å². The van der Waals surface area contributed by atoms with Gasteiger partial charge in [0.15, 0.2) is 0 Å². The summed E-state index contributed by atoms with van der Waals surface area (Å²) in [5.41, 5.74) is 7.96. The van der Waals surface area contributed by atoms with Crippen molar-refractivity contribution in [2.24, 2.45) is 5.11 Å². The van der Waals surface area contributed by atoms with Gasteiger partial charge >= 0.3 is 0 Å². The van der Waals surface area contributed by atoms with E-state index < -0.39 is 6.10 Å². The van der Waals surface area contributed by atoms with Crippen molar-refractivity contribution >= 4 is 0 Å².